The molecular weight excluding hydrogens is 308 g/mol. The number of hydrogen-bond donors (Lipinski definition) is 1. The molecule has 1 N–H and O–H groups in total. The molecule has 0 radical (unpaired) electrons. The summed E-state index contributed by atoms with van der Waals surface area (Å²) in [6.45, 7) is 11.1. The maximum atomic E-state index is 10.8. The lowest BCUT2D eigenvalue weighted by molar-refractivity contribution is -0.114. The van der Waals surface area contributed by atoms with Crippen LogP contribution in [-0.4, -0.2) is 23.9 Å². The maximum absolute atomic E-state index is 10.8. The molecule has 0 spiro atoms. The number of aliphatic hydroxyl groups excluding tert-OH is 1. The van der Waals surface area contributed by atoms with Gasteiger partial charge in [0.05, 0.1) is 12.2 Å². The Morgan fingerprint density at radius 1 is 1.24 bits per heavy atom. The van der Waals surface area contributed by atoms with Gasteiger partial charge in [-0.05, 0) is 47.4 Å². The van der Waals surface area contributed by atoms with Crippen LogP contribution in [0.25, 0.3) is 10.8 Å². The van der Waals surface area contributed by atoms with Crippen LogP contribution in [0.3, 0.4) is 0 Å². The summed E-state index contributed by atoms with van der Waals surface area (Å²) in [5.41, 5.74) is 1.35. The maximum Gasteiger partial charge on any atom is 0.0777 e. The fraction of sp³-hybridized carbons (Fsp3) is 0.478. The van der Waals surface area contributed by atoms with E-state index in [2.05, 4.69) is 62.9 Å². The fourth-order valence-corrected chi connectivity index (χ4v) is 4.51. The molecule has 0 aromatic heterocycles. The smallest absolute Gasteiger partial charge is 0.0777 e. The largest absolute Gasteiger partial charge is 0.389 e. The molecule has 1 fully saturated rings. The minimum Gasteiger partial charge on any atom is -0.389 e. The van der Waals surface area contributed by atoms with Gasteiger partial charge in [0.2, 0.25) is 0 Å². The second kappa shape index (κ2) is 7.31. The van der Waals surface area contributed by atoms with Crippen molar-refractivity contribution in [3.8, 4) is 0 Å². The Kier molecular flexibility index (Phi) is 5.31. The SMILES string of the molecule is C=CC(O)C1C(c2ccc3ccccc3c2)CCC(C)(C)C1OCC. The summed E-state index contributed by atoms with van der Waals surface area (Å²) in [5.74, 6) is 0.310. The van der Waals surface area contributed by atoms with Gasteiger partial charge in [-0.15, -0.1) is 6.58 Å². The van der Waals surface area contributed by atoms with E-state index in [9.17, 15) is 5.11 Å². The standard InChI is InChI=1S/C23H30O2/c1-5-20(24)21-19(13-14-23(3,4)22(21)25-6-2)18-12-11-16-9-7-8-10-17(16)15-18/h5,7-12,15,19-22,24H,1,6,13-14H2,2-4H3. The quantitative estimate of drug-likeness (QED) is 0.749. The molecule has 1 aliphatic carbocycles. The highest BCUT2D eigenvalue weighted by atomic mass is 16.5. The predicted molar refractivity (Wildman–Crippen MR) is 105 cm³/mol. The third-order valence-electron chi connectivity index (χ3n) is 5.87. The van der Waals surface area contributed by atoms with Gasteiger partial charge in [-0.1, -0.05) is 62.4 Å². The molecule has 0 amide bonds. The first-order chi connectivity index (χ1) is 12.0. The van der Waals surface area contributed by atoms with Gasteiger partial charge >= 0.3 is 0 Å². The number of ether oxygens (including phenoxy) is 1. The zero-order valence-electron chi connectivity index (χ0n) is 15.6. The molecule has 2 nitrogen and oxygen atoms in total. The molecule has 2 aromatic carbocycles. The van der Waals surface area contributed by atoms with E-state index in [1.165, 1.54) is 16.3 Å². The molecule has 0 bridgehead atoms. The Morgan fingerprint density at radius 3 is 2.64 bits per heavy atom. The van der Waals surface area contributed by atoms with E-state index in [0.29, 0.717) is 6.61 Å². The van der Waals surface area contributed by atoms with E-state index in [0.717, 1.165) is 12.8 Å². The molecule has 3 rings (SSSR count). The van der Waals surface area contributed by atoms with E-state index in [4.69, 9.17) is 4.74 Å². The highest BCUT2D eigenvalue weighted by Gasteiger charge is 2.47. The third kappa shape index (κ3) is 3.51. The first-order valence-electron chi connectivity index (χ1n) is 9.39. The van der Waals surface area contributed by atoms with Crippen LogP contribution in [-0.2, 0) is 4.74 Å². The van der Waals surface area contributed by atoms with E-state index < -0.39 is 6.10 Å². The molecule has 0 aliphatic heterocycles. The molecule has 2 heteroatoms. The van der Waals surface area contributed by atoms with Gasteiger partial charge in [0, 0.05) is 12.5 Å². The summed E-state index contributed by atoms with van der Waals surface area (Å²) in [6.07, 6.45) is 3.29. The van der Waals surface area contributed by atoms with Crippen molar-refractivity contribution in [1.29, 1.82) is 0 Å². The zero-order valence-corrected chi connectivity index (χ0v) is 15.6. The molecule has 2 aromatic rings. The average Bonchev–Trinajstić information content (AvgIpc) is 2.62. The lowest BCUT2D eigenvalue weighted by Gasteiger charge is -2.49. The highest BCUT2D eigenvalue weighted by molar-refractivity contribution is 5.83. The van der Waals surface area contributed by atoms with Crippen molar-refractivity contribution in [2.24, 2.45) is 11.3 Å². The Balaban J connectivity index is 2.03. The van der Waals surface area contributed by atoms with Crippen LogP contribution in [0.2, 0.25) is 0 Å². The lowest BCUT2D eigenvalue weighted by Crippen LogP contribution is -2.49. The number of hydrogen-bond acceptors (Lipinski definition) is 2. The van der Waals surface area contributed by atoms with Crippen LogP contribution in [0.4, 0.5) is 0 Å². The van der Waals surface area contributed by atoms with Crippen molar-refractivity contribution in [1.82, 2.24) is 0 Å². The summed E-state index contributed by atoms with van der Waals surface area (Å²) >= 11 is 0. The van der Waals surface area contributed by atoms with Crippen molar-refractivity contribution >= 4 is 10.8 Å². The summed E-state index contributed by atoms with van der Waals surface area (Å²) < 4.78 is 6.17. The topological polar surface area (TPSA) is 29.5 Å². The zero-order chi connectivity index (χ0) is 18.0. The molecule has 0 saturated heterocycles. The Labute approximate surface area is 151 Å². The summed E-state index contributed by atoms with van der Waals surface area (Å²) in [7, 11) is 0. The Bertz CT molecular complexity index is 734. The monoisotopic (exact) mass is 338 g/mol. The van der Waals surface area contributed by atoms with Crippen LogP contribution in [0.5, 0.6) is 0 Å². The van der Waals surface area contributed by atoms with Crippen molar-refractivity contribution in [2.75, 3.05) is 6.61 Å². The van der Waals surface area contributed by atoms with Gasteiger partial charge in [-0.25, -0.2) is 0 Å². The van der Waals surface area contributed by atoms with E-state index in [1.54, 1.807) is 6.08 Å². The molecule has 1 saturated carbocycles. The number of fused-ring (bicyclic) bond motifs is 1. The molecule has 134 valence electrons. The van der Waals surface area contributed by atoms with Gasteiger partial charge in [0.1, 0.15) is 0 Å². The molecule has 4 unspecified atom stereocenters. The first kappa shape index (κ1) is 18.2. The van der Waals surface area contributed by atoms with Crippen LogP contribution < -0.4 is 0 Å². The molecule has 0 heterocycles. The van der Waals surface area contributed by atoms with Crippen LogP contribution in [0, 0.1) is 11.3 Å². The number of benzene rings is 2. The first-order valence-corrected chi connectivity index (χ1v) is 9.39. The summed E-state index contributed by atoms with van der Waals surface area (Å²) in [6, 6.07) is 15.1. The third-order valence-corrected chi connectivity index (χ3v) is 5.87. The van der Waals surface area contributed by atoms with Gasteiger partial charge < -0.3 is 9.84 Å². The van der Waals surface area contributed by atoms with Gasteiger partial charge in [0.25, 0.3) is 0 Å². The summed E-state index contributed by atoms with van der Waals surface area (Å²) in [5, 5.41) is 13.3. The van der Waals surface area contributed by atoms with Crippen LogP contribution >= 0.6 is 0 Å². The fourth-order valence-electron chi connectivity index (χ4n) is 4.51. The van der Waals surface area contributed by atoms with Crippen molar-refractivity contribution in [3.63, 3.8) is 0 Å². The number of rotatable bonds is 5. The Hall–Kier alpha value is -1.64. The molecule has 1 aliphatic rings. The Morgan fingerprint density at radius 2 is 1.96 bits per heavy atom. The van der Waals surface area contributed by atoms with E-state index in [-0.39, 0.29) is 23.4 Å². The van der Waals surface area contributed by atoms with E-state index >= 15 is 0 Å². The number of aliphatic hydroxyl groups is 1. The average molecular weight is 338 g/mol. The van der Waals surface area contributed by atoms with Gasteiger partial charge in [-0.2, -0.15) is 0 Å². The second-order valence-corrected chi connectivity index (χ2v) is 7.92. The lowest BCUT2D eigenvalue weighted by atomic mass is 9.61. The second-order valence-electron chi connectivity index (χ2n) is 7.92. The molecule has 25 heavy (non-hydrogen) atoms. The van der Waals surface area contributed by atoms with Gasteiger partial charge in [-0.3, -0.25) is 0 Å². The van der Waals surface area contributed by atoms with Crippen LogP contribution in [0.15, 0.2) is 55.1 Å². The molecular formula is C23H30O2. The van der Waals surface area contributed by atoms with E-state index in [1.807, 2.05) is 6.92 Å². The normalized spacial score (nSPS) is 27.1. The minimum atomic E-state index is -0.562. The van der Waals surface area contributed by atoms with Crippen molar-refractivity contribution in [2.45, 2.75) is 51.7 Å². The highest BCUT2D eigenvalue weighted by Crippen LogP contribution is 2.49. The molecule has 4 atom stereocenters. The van der Waals surface area contributed by atoms with Gasteiger partial charge in [0.15, 0.2) is 0 Å². The predicted octanol–water partition coefficient (Wildman–Crippen LogP) is 5.31. The minimum absolute atomic E-state index is 0.0238. The van der Waals surface area contributed by atoms with Crippen molar-refractivity contribution < 1.29 is 9.84 Å². The van der Waals surface area contributed by atoms with Crippen molar-refractivity contribution in [3.05, 3.63) is 60.7 Å². The summed E-state index contributed by atoms with van der Waals surface area (Å²) in [4.78, 5) is 0. The van der Waals surface area contributed by atoms with Crippen LogP contribution in [0.1, 0.15) is 45.1 Å².